The van der Waals surface area contributed by atoms with Crippen molar-refractivity contribution >= 4 is 5.91 Å². The van der Waals surface area contributed by atoms with Crippen molar-refractivity contribution < 1.29 is 19.4 Å². The molecule has 8 heteroatoms. The van der Waals surface area contributed by atoms with Crippen LogP contribution in [0.15, 0.2) is 67.0 Å². The molecule has 1 aliphatic rings. The fourth-order valence-corrected chi connectivity index (χ4v) is 4.50. The number of para-hydroxylation sites is 1. The summed E-state index contributed by atoms with van der Waals surface area (Å²) in [6.45, 7) is 5.11. The molecule has 1 amide bonds. The summed E-state index contributed by atoms with van der Waals surface area (Å²) in [5.74, 6) is 1.53. The first-order valence-electron chi connectivity index (χ1n) is 11.8. The van der Waals surface area contributed by atoms with Gasteiger partial charge in [0.05, 0.1) is 19.8 Å². The number of amides is 1. The number of carbonyl (C=O) groups excluding carboxylic acids is 1. The molecule has 0 spiro atoms. The maximum atomic E-state index is 13.6. The summed E-state index contributed by atoms with van der Waals surface area (Å²) in [6.07, 6.45) is 3.42. The number of benzene rings is 2. The van der Waals surface area contributed by atoms with Gasteiger partial charge in [0.15, 0.2) is 11.5 Å². The maximum absolute atomic E-state index is 13.6. The van der Waals surface area contributed by atoms with Gasteiger partial charge in [0, 0.05) is 30.1 Å². The molecule has 2 N–H and O–H groups in total. The van der Waals surface area contributed by atoms with Gasteiger partial charge in [-0.15, -0.1) is 0 Å². The minimum absolute atomic E-state index is 0.0978. The zero-order valence-electron chi connectivity index (χ0n) is 20.4. The van der Waals surface area contributed by atoms with Gasteiger partial charge >= 0.3 is 0 Å². The van der Waals surface area contributed by atoms with Crippen LogP contribution in [0.3, 0.4) is 0 Å². The van der Waals surface area contributed by atoms with E-state index in [1.807, 2.05) is 36.4 Å². The molecule has 0 bridgehead atoms. The fourth-order valence-electron chi connectivity index (χ4n) is 4.50. The van der Waals surface area contributed by atoms with Crippen LogP contribution in [-0.2, 0) is 6.54 Å². The predicted octanol–water partition coefficient (Wildman–Crippen LogP) is 4.97. The Morgan fingerprint density at radius 2 is 1.86 bits per heavy atom. The Morgan fingerprint density at radius 3 is 2.58 bits per heavy atom. The Hall–Kier alpha value is -4.33. The highest BCUT2D eigenvalue weighted by Gasteiger charge is 2.42. The van der Waals surface area contributed by atoms with Gasteiger partial charge in [-0.05, 0) is 53.4 Å². The second-order valence-corrected chi connectivity index (χ2v) is 9.18. The lowest BCUT2D eigenvalue weighted by Gasteiger charge is -2.27. The standard InChI is InChI=1S/C28H28N4O4/c1-17(2)16-36-22-9-8-19(14-23(22)35-3)27-24-25(20-6-4-5-7-21(20)33)30-31-26(24)28(34)32(27)15-18-10-12-29-13-11-18/h4-14,17,27,33H,15-16H2,1-3H3,(H,30,31). The number of phenolic OH excluding ortho intramolecular Hbond substituents is 1. The SMILES string of the molecule is COc1cc(C2c3c(-c4ccccc4O)n[nH]c3C(=O)N2Cc2ccncc2)ccc1OCC(C)C. The number of carbonyl (C=O) groups is 1. The smallest absolute Gasteiger partial charge is 0.273 e. The third-order valence-electron chi connectivity index (χ3n) is 6.20. The van der Waals surface area contributed by atoms with E-state index in [1.165, 1.54) is 0 Å². The Bertz CT molecular complexity index is 1380. The van der Waals surface area contributed by atoms with Gasteiger partial charge in [-0.1, -0.05) is 32.0 Å². The Labute approximate surface area is 209 Å². The number of phenols is 1. The number of pyridine rings is 1. The molecule has 1 aliphatic heterocycles. The molecular formula is C28H28N4O4. The lowest BCUT2D eigenvalue weighted by Crippen LogP contribution is -2.29. The van der Waals surface area contributed by atoms with Crippen molar-refractivity contribution in [1.82, 2.24) is 20.1 Å². The summed E-state index contributed by atoms with van der Waals surface area (Å²) in [5.41, 5.74) is 4.03. The number of fused-ring (bicyclic) bond motifs is 1. The van der Waals surface area contributed by atoms with E-state index in [-0.39, 0.29) is 11.7 Å². The maximum Gasteiger partial charge on any atom is 0.273 e. The van der Waals surface area contributed by atoms with Crippen LogP contribution < -0.4 is 9.47 Å². The largest absolute Gasteiger partial charge is 0.507 e. The molecule has 1 unspecified atom stereocenters. The summed E-state index contributed by atoms with van der Waals surface area (Å²) in [7, 11) is 1.60. The van der Waals surface area contributed by atoms with Crippen molar-refractivity contribution in [3.05, 3.63) is 89.4 Å². The van der Waals surface area contributed by atoms with Crippen LogP contribution in [0.25, 0.3) is 11.3 Å². The monoisotopic (exact) mass is 484 g/mol. The molecule has 8 nitrogen and oxygen atoms in total. The second-order valence-electron chi connectivity index (χ2n) is 9.18. The van der Waals surface area contributed by atoms with Crippen LogP contribution in [0.5, 0.6) is 17.2 Å². The average Bonchev–Trinajstić information content (AvgIpc) is 3.42. The Kier molecular flexibility index (Phi) is 6.33. The van der Waals surface area contributed by atoms with Gasteiger partial charge in [-0.3, -0.25) is 14.9 Å². The summed E-state index contributed by atoms with van der Waals surface area (Å²) >= 11 is 0. The summed E-state index contributed by atoms with van der Waals surface area (Å²) in [4.78, 5) is 19.5. The van der Waals surface area contributed by atoms with Crippen molar-refractivity contribution in [3.8, 4) is 28.5 Å². The van der Waals surface area contributed by atoms with Crippen LogP contribution in [0.2, 0.25) is 0 Å². The second kappa shape index (κ2) is 9.73. The molecule has 3 heterocycles. The minimum Gasteiger partial charge on any atom is -0.507 e. The third-order valence-corrected chi connectivity index (χ3v) is 6.20. The van der Waals surface area contributed by atoms with Crippen LogP contribution >= 0.6 is 0 Å². The molecule has 0 saturated carbocycles. The van der Waals surface area contributed by atoms with Crippen molar-refractivity contribution in [2.24, 2.45) is 5.92 Å². The van der Waals surface area contributed by atoms with Gasteiger partial charge in [-0.2, -0.15) is 5.10 Å². The van der Waals surface area contributed by atoms with Crippen LogP contribution in [0.4, 0.5) is 0 Å². The molecule has 36 heavy (non-hydrogen) atoms. The molecule has 0 radical (unpaired) electrons. The number of methoxy groups -OCH3 is 1. The van der Waals surface area contributed by atoms with E-state index < -0.39 is 6.04 Å². The highest BCUT2D eigenvalue weighted by Crippen LogP contribution is 2.46. The molecule has 1 atom stereocenters. The third kappa shape index (κ3) is 4.26. The van der Waals surface area contributed by atoms with Crippen molar-refractivity contribution in [2.45, 2.75) is 26.4 Å². The molecule has 5 rings (SSSR count). The molecule has 2 aromatic heterocycles. The summed E-state index contributed by atoms with van der Waals surface area (Å²) < 4.78 is 11.6. The number of ether oxygens (including phenoxy) is 2. The summed E-state index contributed by atoms with van der Waals surface area (Å²) in [5, 5.41) is 17.9. The van der Waals surface area contributed by atoms with E-state index in [0.29, 0.717) is 53.1 Å². The van der Waals surface area contributed by atoms with Gasteiger partial charge in [-0.25, -0.2) is 0 Å². The van der Waals surface area contributed by atoms with Crippen LogP contribution in [0.1, 0.15) is 47.1 Å². The zero-order valence-corrected chi connectivity index (χ0v) is 20.4. The molecule has 184 valence electrons. The van der Waals surface area contributed by atoms with Gasteiger partial charge in [0.1, 0.15) is 17.1 Å². The van der Waals surface area contributed by atoms with Crippen molar-refractivity contribution in [1.29, 1.82) is 0 Å². The predicted molar refractivity (Wildman–Crippen MR) is 135 cm³/mol. The van der Waals surface area contributed by atoms with E-state index >= 15 is 0 Å². The van der Waals surface area contributed by atoms with E-state index in [2.05, 4.69) is 29.0 Å². The number of hydrogen-bond donors (Lipinski definition) is 2. The van der Waals surface area contributed by atoms with Gasteiger partial charge in [0.2, 0.25) is 0 Å². The first-order chi connectivity index (χ1) is 17.5. The highest BCUT2D eigenvalue weighted by molar-refractivity contribution is 6.00. The van der Waals surface area contributed by atoms with E-state index in [9.17, 15) is 9.90 Å². The van der Waals surface area contributed by atoms with E-state index in [1.54, 1.807) is 42.6 Å². The highest BCUT2D eigenvalue weighted by atomic mass is 16.5. The molecule has 4 aromatic rings. The first-order valence-corrected chi connectivity index (χ1v) is 11.8. The van der Waals surface area contributed by atoms with Gasteiger partial charge in [0.25, 0.3) is 5.91 Å². The number of aromatic nitrogens is 3. The Morgan fingerprint density at radius 1 is 1.08 bits per heavy atom. The molecular weight excluding hydrogens is 456 g/mol. The number of nitrogens with zero attached hydrogens (tertiary/aromatic N) is 3. The summed E-state index contributed by atoms with van der Waals surface area (Å²) in [6, 6.07) is 16.1. The molecule has 0 fully saturated rings. The van der Waals surface area contributed by atoms with Crippen LogP contribution in [0, 0.1) is 5.92 Å². The topological polar surface area (TPSA) is 101 Å². The lowest BCUT2D eigenvalue weighted by molar-refractivity contribution is 0.0729. The van der Waals surface area contributed by atoms with Crippen LogP contribution in [-0.4, -0.2) is 44.8 Å². The van der Waals surface area contributed by atoms with Crippen molar-refractivity contribution in [2.75, 3.05) is 13.7 Å². The minimum atomic E-state index is -0.456. The first kappa shape index (κ1) is 23.4. The average molecular weight is 485 g/mol. The molecule has 2 aromatic carbocycles. The van der Waals surface area contributed by atoms with Gasteiger partial charge < -0.3 is 19.5 Å². The van der Waals surface area contributed by atoms with E-state index in [0.717, 1.165) is 11.1 Å². The quantitative estimate of drug-likeness (QED) is 0.366. The van der Waals surface area contributed by atoms with Crippen molar-refractivity contribution in [3.63, 3.8) is 0 Å². The normalized spacial score (nSPS) is 14.8. The molecule has 0 aliphatic carbocycles. The number of H-pyrrole nitrogens is 1. The Balaban J connectivity index is 1.63. The molecule has 0 saturated heterocycles. The number of nitrogens with one attached hydrogen (secondary N) is 1. The fraction of sp³-hybridized carbons (Fsp3) is 0.250. The lowest BCUT2D eigenvalue weighted by atomic mass is 9.95. The number of aromatic hydroxyl groups is 1. The number of aromatic amines is 1. The zero-order chi connectivity index (χ0) is 25.2. The number of hydrogen-bond acceptors (Lipinski definition) is 6. The number of rotatable bonds is 8. The van der Waals surface area contributed by atoms with E-state index in [4.69, 9.17) is 9.47 Å².